The Morgan fingerprint density at radius 1 is 0.220 bits per heavy atom. The van der Waals surface area contributed by atoms with Crippen molar-refractivity contribution in [1.29, 1.82) is 16.3 Å². The number of halogens is 3. The van der Waals surface area contributed by atoms with Crippen molar-refractivity contribution >= 4 is 61.2 Å². The Morgan fingerprint density at radius 2 is 0.293 bits per heavy atom. The van der Waals surface area contributed by atoms with E-state index in [1.807, 2.05) is 13.8 Å². The average Bonchev–Trinajstić information content (AvgIpc) is 1.11. The van der Waals surface area contributed by atoms with Crippen LogP contribution in [0.1, 0.15) is 90.0 Å². The fourth-order valence-corrected chi connectivity index (χ4v) is 2.66. The molecule has 0 aliphatic heterocycles. The van der Waals surface area contributed by atoms with Crippen molar-refractivity contribution in [3.05, 3.63) is 10.4 Å². The molecule has 0 saturated carbocycles. The van der Waals surface area contributed by atoms with Crippen molar-refractivity contribution in [2.45, 2.75) is 90.0 Å². The largest absolute Gasteiger partial charge is 0.412 e. The van der Waals surface area contributed by atoms with Crippen LogP contribution in [0.15, 0.2) is 10.4 Å². The Labute approximate surface area is 944 Å². The van der Waals surface area contributed by atoms with Gasteiger partial charge in [0.15, 0.2) is 0 Å². The zero-order chi connectivity index (χ0) is 114. The van der Waals surface area contributed by atoms with Crippen LogP contribution in [0.3, 0.4) is 0 Å². The SMILES string of the molecule is C#C.C#CC.C#CC#CC.C#CC#CC#C.C#CC#CC#CC.C#CC#CC#CC#CC.C#CC#CC#CC#CC#C.C#CC#CC#CC#CC#CC.C#CC#CC#CC#CC#CC#CC.C#CC#CC#CC#CC#CC#CC#C.C#CC#CC#CC#CC#CC#CC#CC.CC#CC.CC#CC#CC#CC.CC#CC#CC#CC#CC#CC#CC#CC.I.II.N.N#N.N/N=N/N.O.OOOOOOOOOOOO.[N-]=[N+]=N.[Pt]. The van der Waals surface area contributed by atoms with Crippen LogP contribution >= 0.6 is 61.2 Å². The minimum Gasteiger partial charge on any atom is -0.412 e. The normalized spacial score (nSPS) is 4.08. The fourth-order valence-electron chi connectivity index (χ4n) is 2.66. The van der Waals surface area contributed by atoms with Crippen molar-refractivity contribution in [1.82, 2.24) is 6.15 Å². The van der Waals surface area contributed by atoms with Gasteiger partial charge in [0.25, 0.3) is 0 Å². The van der Waals surface area contributed by atoms with Crippen molar-refractivity contribution in [3.63, 3.8) is 0 Å². The number of hydrogen-bond acceptors (Lipinski definition) is 18. The summed E-state index contributed by atoms with van der Waals surface area (Å²) >= 11 is 4.24. The van der Waals surface area contributed by atoms with Gasteiger partial charge in [-0.05, 0) is 636 Å². The van der Waals surface area contributed by atoms with E-state index < -0.39 is 0 Å². The third kappa shape index (κ3) is 406. The second-order valence-electron chi connectivity index (χ2n) is 14.8. The summed E-state index contributed by atoms with van der Waals surface area (Å²) in [6.45, 7) is 22.5. The molecule has 0 unspecified atom stereocenters. The predicted octanol–water partition coefficient (Wildman–Crippen LogP) is 9.85. The number of nitrogens with zero attached hydrogens (tertiary/aromatic N) is 6. The maximum atomic E-state index is 7.40. The summed E-state index contributed by atoms with van der Waals surface area (Å²) in [6.07, 6.45) is 70.2. The Morgan fingerprint density at radius 3 is 0.360 bits per heavy atom. The van der Waals surface area contributed by atoms with Crippen LogP contribution in [0.4, 0.5) is 0 Å². The van der Waals surface area contributed by atoms with Crippen LogP contribution in [0, 0.1) is 675 Å². The molecular formula is C123H67I3N10O13Pt. The molecule has 0 aliphatic carbocycles. The molecule has 12 N–H and O–H groups in total. The second-order valence-corrected chi connectivity index (χ2v) is 14.8. The van der Waals surface area contributed by atoms with Gasteiger partial charge in [0.1, 0.15) is 0 Å². The van der Waals surface area contributed by atoms with Gasteiger partial charge < -0.3 is 23.3 Å². The molecule has 718 valence electrons. The standard InChI is InChI=1S/C16H6.C15H4.C14H2.C13H4.C11H4.C10H2.C9H4.C8H6.C7H4.C6H2.C5H4.C4H6.C3H4.C2H2.I2.HI.H4N4.HN3.N2.H3N.H2O12.H2O.Pt/c1-3-5-7-9-11-13-15-16-14-12-10-8-6-4-2;1-3-5-7-9-11-13-15-14-12-10-8-6-4-2;1-3-5-7-9-11-13-14-12-10-8-6-4-2;1-3-5-7-9-11-13-12-10-8-6-4-2;1-3-5-7-9-11-10-8-6-4-2;1-3-5-7-9-10-8-6-4-2;1-3-5-7-9-8-6-4-2;1-3-5-7-8-6-4-2;1-3-5-7-6-4-2;1-3-5-6-4-2;1-3-5-4-2;1-3-4-2;1-3-2;2*1-2;;1-3-4-2;1-3-2;1-2;;1-3-5-7-9-11-12-10-8-6-4-2;;/h1-2H3;1H,2H3;1-2H;1H,2H3;1H,2H3;1-2H;1H,2H3;1-2H3;1H,2H3;1-2H;1H,2H3;1-2H3;1H,2H3;1-2H;;1H;(H2,1,4)(H2,2,3);1H;;1H3;1-2H;1H2;. The quantitative estimate of drug-likeness (QED) is 0.0119. The van der Waals surface area contributed by atoms with Crippen LogP contribution in [0.5, 0.6) is 0 Å². The van der Waals surface area contributed by atoms with E-state index in [1.165, 1.54) is 0 Å². The van der Waals surface area contributed by atoms with Gasteiger partial charge in [-0.3, -0.25) is 0 Å². The van der Waals surface area contributed by atoms with Gasteiger partial charge in [0, 0.05) is 69.1 Å². The van der Waals surface area contributed by atoms with Gasteiger partial charge in [-0.1, -0.05) is 69.7 Å². The van der Waals surface area contributed by atoms with E-state index in [1.54, 1.807) is 81.1 Å². The number of terminal acetylenes is 14. The molecule has 0 aromatic rings. The van der Waals surface area contributed by atoms with E-state index in [-0.39, 0.29) is 56.7 Å². The van der Waals surface area contributed by atoms with Gasteiger partial charge in [0.05, 0.1) is 0 Å². The molecule has 0 fully saturated rings. The summed E-state index contributed by atoms with van der Waals surface area (Å²) < 4.78 is 0. The molecule has 0 saturated heterocycles. The number of nitrogens with one attached hydrogen (secondary N) is 1. The molecule has 0 amide bonds. The molecule has 0 aromatic heterocycles. The van der Waals surface area contributed by atoms with Gasteiger partial charge in [0.2, 0.25) is 0 Å². The summed E-state index contributed by atoms with van der Waals surface area (Å²) in [5, 5.41) is 64.3. The maximum absolute atomic E-state index is 7.40. The van der Waals surface area contributed by atoms with Crippen molar-refractivity contribution < 1.29 is 87.4 Å². The summed E-state index contributed by atoms with van der Waals surface area (Å²) in [4.78, 5) is 1.75. The van der Waals surface area contributed by atoms with Gasteiger partial charge in [-0.2, -0.15) is 0 Å². The second kappa shape index (κ2) is 272. The van der Waals surface area contributed by atoms with Gasteiger partial charge in [-0.25, -0.2) is 10.5 Å². The summed E-state index contributed by atoms with van der Waals surface area (Å²) in [5.74, 6) is 240. The van der Waals surface area contributed by atoms with Crippen molar-refractivity contribution in [3.8, 4) is 659 Å². The zero-order valence-corrected chi connectivity index (χ0v) is 90.1. The maximum Gasteiger partial charge on any atom is 0 e. The fraction of sp³-hybridized carbons (Fsp3) is 0.106. The Bertz CT molecular complexity index is 7620. The molecule has 0 aromatic carbocycles. The first kappa shape index (κ1) is 186. The Hall–Kier alpha value is -24.0. The molecular weight excluding hydrogens is 2400 g/mol. The van der Waals surface area contributed by atoms with Crippen LogP contribution < -0.4 is 17.8 Å². The molecule has 0 spiro atoms. The molecule has 0 bridgehead atoms. The number of nitrogens with two attached hydrogens (primary N) is 2. The topological polar surface area (TPSA) is 384 Å². The first-order valence-corrected chi connectivity index (χ1v) is 40.7. The van der Waals surface area contributed by atoms with Crippen molar-refractivity contribution in [2.75, 3.05) is 0 Å². The minimum absolute atomic E-state index is 0. The van der Waals surface area contributed by atoms with E-state index in [0.29, 0.717) is 0 Å². The smallest absolute Gasteiger partial charge is 0 e. The number of rotatable bonds is 9. The van der Waals surface area contributed by atoms with Gasteiger partial charge in [-0.15, -0.1) is 144 Å². The molecule has 0 atom stereocenters. The van der Waals surface area contributed by atoms with E-state index in [9.17, 15) is 0 Å². The van der Waals surface area contributed by atoms with E-state index in [0.717, 1.165) is 0 Å². The molecule has 27 heteroatoms. The number of hydrogen-bond donors (Lipinski definition) is 6. The monoisotopic (exact) mass is 2470 g/mol. The van der Waals surface area contributed by atoms with E-state index >= 15 is 0 Å². The first-order valence-electron chi connectivity index (χ1n) is 34.4. The molecule has 0 heterocycles. The third-order valence-electron chi connectivity index (χ3n) is 6.38. The van der Waals surface area contributed by atoms with E-state index in [4.69, 9.17) is 109 Å². The minimum atomic E-state index is 0. The summed E-state index contributed by atoms with van der Waals surface area (Å²) in [6, 6.07) is 0. The summed E-state index contributed by atoms with van der Waals surface area (Å²) in [5.41, 5.74) is 12.2. The van der Waals surface area contributed by atoms with E-state index in [2.05, 4.69) is 691 Å². The molecule has 0 radical (unpaired) electrons. The van der Waals surface area contributed by atoms with Gasteiger partial charge >= 0.3 is 0 Å². The van der Waals surface area contributed by atoms with Crippen LogP contribution in [-0.4, -0.2) is 16.0 Å². The Balaban J connectivity index is -0.0000000553. The van der Waals surface area contributed by atoms with Crippen LogP contribution in [0.2, 0.25) is 0 Å². The summed E-state index contributed by atoms with van der Waals surface area (Å²) in [7, 11) is 0. The first-order chi connectivity index (χ1) is 71.6. The molecule has 150 heavy (non-hydrogen) atoms. The van der Waals surface area contributed by atoms with Crippen molar-refractivity contribution in [2.24, 2.45) is 22.1 Å². The third-order valence-corrected chi connectivity index (χ3v) is 6.38. The van der Waals surface area contributed by atoms with Crippen LogP contribution in [-0.2, 0) is 71.4 Å². The molecule has 0 rings (SSSR count). The Kier molecular flexibility index (Phi) is 337. The molecule has 0 aliphatic rings. The zero-order valence-electron chi connectivity index (χ0n) is 81.2. The van der Waals surface area contributed by atoms with Crippen LogP contribution in [0.25, 0.3) is 10.4 Å². The molecule has 23 nitrogen and oxygen atoms in total. The predicted molar refractivity (Wildman–Crippen MR) is 612 cm³/mol. The average molecular weight is 2470 g/mol.